The predicted molar refractivity (Wildman–Crippen MR) is 111 cm³/mol. The molecule has 0 aliphatic carbocycles. The van der Waals surface area contributed by atoms with Crippen LogP contribution in [0.1, 0.15) is 5.56 Å². The average Bonchev–Trinajstić information content (AvgIpc) is 2.70. The Hall–Kier alpha value is -3.80. The van der Waals surface area contributed by atoms with Crippen molar-refractivity contribution in [3.05, 3.63) is 90.1 Å². The van der Waals surface area contributed by atoms with Crippen LogP contribution in [0.3, 0.4) is 0 Å². The van der Waals surface area contributed by atoms with Gasteiger partial charge in [-0.2, -0.15) is 0 Å². The lowest BCUT2D eigenvalue weighted by atomic mass is 9.98. The molecule has 0 atom stereocenters. The summed E-state index contributed by atoms with van der Waals surface area (Å²) in [6.45, 7) is 1.98. The maximum Gasteiger partial charge on any atom is 0.323 e. The Kier molecular flexibility index (Phi) is 4.91. The van der Waals surface area contributed by atoms with E-state index in [1.807, 2.05) is 55.5 Å². The number of carbonyl (C=O) groups excluding carboxylic acids is 1. The topological polar surface area (TPSA) is 54.0 Å². The number of hydrogen-bond acceptors (Lipinski definition) is 2. The molecule has 0 aliphatic heterocycles. The predicted octanol–water partition coefficient (Wildman–Crippen LogP) is 6.13. The van der Waals surface area contributed by atoms with Gasteiger partial charge in [0, 0.05) is 17.0 Å². The average molecular weight is 389 g/mol. The van der Waals surface area contributed by atoms with Crippen LogP contribution in [0.4, 0.5) is 25.0 Å². The van der Waals surface area contributed by atoms with Gasteiger partial charge in [0.15, 0.2) is 0 Å². The summed E-state index contributed by atoms with van der Waals surface area (Å²) in [7, 11) is 0. The van der Waals surface area contributed by atoms with Gasteiger partial charge in [0.05, 0.1) is 23.1 Å². The molecule has 0 saturated carbocycles. The Morgan fingerprint density at radius 3 is 2.41 bits per heavy atom. The molecule has 29 heavy (non-hydrogen) atoms. The Bertz CT molecular complexity index is 1210. The highest BCUT2D eigenvalue weighted by Crippen LogP contribution is 2.35. The highest BCUT2D eigenvalue weighted by molar-refractivity contribution is 6.07. The number of carbonyl (C=O) groups is 1. The van der Waals surface area contributed by atoms with Crippen LogP contribution in [-0.4, -0.2) is 11.0 Å². The molecule has 4 aromatic rings. The second kappa shape index (κ2) is 7.67. The van der Waals surface area contributed by atoms with Crippen LogP contribution in [0.5, 0.6) is 0 Å². The van der Waals surface area contributed by atoms with Crippen LogP contribution in [0, 0.1) is 18.6 Å². The highest BCUT2D eigenvalue weighted by Gasteiger charge is 2.15. The van der Waals surface area contributed by atoms with Crippen LogP contribution in [0.2, 0.25) is 0 Å². The number of amides is 2. The molecule has 144 valence electrons. The second-order valence-electron chi connectivity index (χ2n) is 6.64. The first-order chi connectivity index (χ1) is 14.0. The number of fused-ring (bicyclic) bond motifs is 1. The molecule has 0 radical (unpaired) electrons. The lowest BCUT2D eigenvalue weighted by Crippen LogP contribution is -2.20. The number of rotatable bonds is 3. The molecule has 0 fully saturated rings. The molecule has 0 unspecified atom stereocenters. The van der Waals surface area contributed by atoms with E-state index in [0.717, 1.165) is 33.7 Å². The molecule has 2 N–H and O–H groups in total. The third-order valence-electron chi connectivity index (χ3n) is 4.51. The number of hydrogen-bond donors (Lipinski definition) is 2. The number of aryl methyl sites for hydroxylation is 1. The summed E-state index contributed by atoms with van der Waals surface area (Å²) >= 11 is 0. The van der Waals surface area contributed by atoms with Crippen molar-refractivity contribution in [1.29, 1.82) is 0 Å². The summed E-state index contributed by atoms with van der Waals surface area (Å²) in [5, 5.41) is 6.03. The van der Waals surface area contributed by atoms with Crippen LogP contribution in [0.25, 0.3) is 22.0 Å². The van der Waals surface area contributed by atoms with Crippen molar-refractivity contribution in [2.75, 3.05) is 10.6 Å². The van der Waals surface area contributed by atoms with Gasteiger partial charge in [-0.15, -0.1) is 0 Å². The minimum atomic E-state index is -0.851. The molecule has 0 spiro atoms. The molecule has 1 heterocycles. The van der Waals surface area contributed by atoms with Gasteiger partial charge in [0.1, 0.15) is 11.6 Å². The molecule has 0 aliphatic rings. The molecular weight excluding hydrogens is 372 g/mol. The van der Waals surface area contributed by atoms with E-state index >= 15 is 0 Å². The van der Waals surface area contributed by atoms with Gasteiger partial charge in [-0.25, -0.2) is 13.6 Å². The van der Waals surface area contributed by atoms with Crippen molar-refractivity contribution >= 4 is 28.3 Å². The van der Waals surface area contributed by atoms with Gasteiger partial charge in [0.2, 0.25) is 0 Å². The summed E-state index contributed by atoms with van der Waals surface area (Å²) in [5.74, 6) is -1.57. The van der Waals surface area contributed by atoms with Crippen molar-refractivity contribution < 1.29 is 13.6 Å². The van der Waals surface area contributed by atoms with E-state index in [1.54, 1.807) is 6.20 Å². The summed E-state index contributed by atoms with van der Waals surface area (Å²) in [5.41, 5.74) is 3.95. The third kappa shape index (κ3) is 3.91. The van der Waals surface area contributed by atoms with Crippen LogP contribution in [0.15, 0.2) is 72.9 Å². The second-order valence-corrected chi connectivity index (χ2v) is 6.64. The zero-order valence-corrected chi connectivity index (χ0v) is 15.5. The molecule has 4 nitrogen and oxygen atoms in total. The maximum absolute atomic E-state index is 13.9. The summed E-state index contributed by atoms with van der Waals surface area (Å²) in [6, 6.07) is 17.8. The van der Waals surface area contributed by atoms with Crippen molar-refractivity contribution in [1.82, 2.24) is 4.98 Å². The lowest BCUT2D eigenvalue weighted by Gasteiger charge is -2.15. The fourth-order valence-electron chi connectivity index (χ4n) is 3.18. The van der Waals surface area contributed by atoms with Crippen molar-refractivity contribution in [2.24, 2.45) is 0 Å². The zero-order chi connectivity index (χ0) is 20.4. The summed E-state index contributed by atoms with van der Waals surface area (Å²) in [4.78, 5) is 16.9. The molecule has 2 amide bonds. The smallest absolute Gasteiger partial charge is 0.306 e. The van der Waals surface area contributed by atoms with Gasteiger partial charge in [-0.1, -0.05) is 42.0 Å². The van der Waals surface area contributed by atoms with E-state index in [1.165, 1.54) is 6.07 Å². The van der Waals surface area contributed by atoms with Gasteiger partial charge < -0.3 is 10.6 Å². The third-order valence-corrected chi connectivity index (χ3v) is 4.51. The molecule has 6 heteroatoms. The Balaban J connectivity index is 1.74. The Morgan fingerprint density at radius 2 is 1.66 bits per heavy atom. The molecule has 0 bridgehead atoms. The SMILES string of the molecule is Cc1ccc2ncc(NC(=O)Nc3ccc(F)cc3F)c(-c3ccccc3)c2c1. The van der Waals surface area contributed by atoms with E-state index in [-0.39, 0.29) is 5.69 Å². The zero-order valence-electron chi connectivity index (χ0n) is 15.5. The number of benzene rings is 3. The van der Waals surface area contributed by atoms with Crippen molar-refractivity contribution in [3.8, 4) is 11.1 Å². The Labute approximate surface area is 166 Å². The molecule has 3 aromatic carbocycles. The number of halogens is 2. The van der Waals surface area contributed by atoms with E-state index in [9.17, 15) is 13.6 Å². The molecule has 0 saturated heterocycles. The minimum absolute atomic E-state index is 0.116. The van der Waals surface area contributed by atoms with E-state index < -0.39 is 17.7 Å². The number of anilines is 2. The number of nitrogens with zero attached hydrogens (tertiary/aromatic N) is 1. The van der Waals surface area contributed by atoms with Gasteiger partial charge in [-0.3, -0.25) is 4.98 Å². The first-order valence-corrected chi connectivity index (χ1v) is 8.99. The van der Waals surface area contributed by atoms with Crippen LogP contribution < -0.4 is 10.6 Å². The number of pyridine rings is 1. The number of nitrogens with one attached hydrogen (secondary N) is 2. The summed E-state index contributed by atoms with van der Waals surface area (Å²) in [6.07, 6.45) is 1.57. The molecular formula is C23H17F2N3O. The molecule has 1 aromatic heterocycles. The highest BCUT2D eigenvalue weighted by atomic mass is 19.1. The monoisotopic (exact) mass is 389 g/mol. The summed E-state index contributed by atoms with van der Waals surface area (Å²) < 4.78 is 26.9. The van der Waals surface area contributed by atoms with E-state index in [4.69, 9.17) is 0 Å². The van der Waals surface area contributed by atoms with Crippen molar-refractivity contribution in [2.45, 2.75) is 6.92 Å². The largest absolute Gasteiger partial charge is 0.323 e. The standard InChI is InChI=1S/C23H17F2N3O/c1-14-7-9-19-17(11-14)22(15-5-3-2-4-6-15)21(13-26-19)28-23(29)27-20-10-8-16(24)12-18(20)25/h2-13H,1H3,(H2,27,28,29). The normalized spacial score (nSPS) is 10.7. The first-order valence-electron chi connectivity index (χ1n) is 8.99. The minimum Gasteiger partial charge on any atom is -0.306 e. The number of urea groups is 1. The van der Waals surface area contributed by atoms with Crippen molar-refractivity contribution in [3.63, 3.8) is 0 Å². The quantitative estimate of drug-likeness (QED) is 0.443. The first kappa shape index (κ1) is 18.6. The Morgan fingerprint density at radius 1 is 0.897 bits per heavy atom. The van der Waals surface area contributed by atoms with Crippen LogP contribution in [-0.2, 0) is 0 Å². The van der Waals surface area contributed by atoms with E-state index in [0.29, 0.717) is 11.8 Å². The fraction of sp³-hybridized carbons (Fsp3) is 0.0435. The van der Waals surface area contributed by atoms with Gasteiger partial charge >= 0.3 is 6.03 Å². The maximum atomic E-state index is 13.9. The lowest BCUT2D eigenvalue weighted by molar-refractivity contribution is 0.262. The molecule has 4 rings (SSSR count). The number of aromatic nitrogens is 1. The van der Waals surface area contributed by atoms with E-state index in [2.05, 4.69) is 15.6 Å². The van der Waals surface area contributed by atoms with Crippen LogP contribution >= 0.6 is 0 Å². The van der Waals surface area contributed by atoms with Gasteiger partial charge in [-0.05, 0) is 36.8 Å². The fourth-order valence-corrected chi connectivity index (χ4v) is 3.18. The van der Waals surface area contributed by atoms with Gasteiger partial charge in [0.25, 0.3) is 0 Å².